The van der Waals surface area contributed by atoms with E-state index in [1.807, 2.05) is 0 Å². The Morgan fingerprint density at radius 1 is 0.556 bits per heavy atom. The minimum absolute atomic E-state index is 0. The molecule has 0 spiro atoms. The third-order valence-electron chi connectivity index (χ3n) is 12.2. The molecular formula is C50H60Cl2SiZr. The molecule has 0 bridgehead atoms. The van der Waals surface area contributed by atoms with Crippen LogP contribution in [0.1, 0.15) is 98.9 Å². The average molecular weight is 851 g/mol. The normalized spacial score (nSPS) is 16.6. The smallest absolute Gasteiger partial charge is 0.147 e. The van der Waals surface area contributed by atoms with Crippen molar-refractivity contribution in [2.75, 3.05) is 0 Å². The third kappa shape index (κ3) is 7.55. The number of fused-ring (bicyclic) bond motifs is 2. The number of allylic oxidation sites excluding steroid dienone is 2. The molecule has 4 heteroatoms. The third-order valence-corrected chi connectivity index (χ3v) is 29.8. The predicted molar refractivity (Wildman–Crippen MR) is 244 cm³/mol. The van der Waals surface area contributed by atoms with Gasteiger partial charge in [-0.1, -0.05) is 0 Å². The van der Waals surface area contributed by atoms with Crippen molar-refractivity contribution >= 4 is 43.8 Å². The minimum Gasteiger partial charge on any atom is -0.147 e. The number of hydrogen-bond acceptors (Lipinski definition) is 0. The van der Waals surface area contributed by atoms with Crippen molar-refractivity contribution in [3.05, 3.63) is 152 Å². The zero-order chi connectivity index (χ0) is 37.5. The zero-order valence-corrected chi connectivity index (χ0v) is 40.1. The van der Waals surface area contributed by atoms with Gasteiger partial charge in [0.15, 0.2) is 0 Å². The van der Waals surface area contributed by atoms with Crippen molar-refractivity contribution in [3.63, 3.8) is 0 Å². The number of rotatable bonds is 6. The van der Waals surface area contributed by atoms with Gasteiger partial charge >= 0.3 is 319 Å². The average Bonchev–Trinajstić information content (AvgIpc) is 3.62. The summed E-state index contributed by atoms with van der Waals surface area (Å²) in [7, 11) is 0. The summed E-state index contributed by atoms with van der Waals surface area (Å²) in [6.45, 7) is 25.6. The van der Waals surface area contributed by atoms with Gasteiger partial charge in [0.25, 0.3) is 0 Å². The summed E-state index contributed by atoms with van der Waals surface area (Å²) in [5, 5.41) is 0. The molecule has 0 saturated heterocycles. The molecule has 0 aliphatic heterocycles. The van der Waals surface area contributed by atoms with Crippen LogP contribution in [-0.4, -0.2) is 6.88 Å². The van der Waals surface area contributed by atoms with Crippen LogP contribution in [0.25, 0.3) is 45.5 Å². The first-order chi connectivity index (χ1) is 24.3. The molecule has 0 saturated carbocycles. The largest absolute Gasteiger partial charge is 0.147 e. The first kappa shape index (κ1) is 42.4. The van der Waals surface area contributed by atoms with Crippen LogP contribution >= 0.6 is 24.8 Å². The van der Waals surface area contributed by atoms with Crippen molar-refractivity contribution < 1.29 is 17.4 Å². The molecule has 2 unspecified atom stereocenters. The van der Waals surface area contributed by atoms with Gasteiger partial charge in [-0.2, -0.15) is 0 Å². The molecule has 0 radical (unpaired) electrons. The molecule has 7 rings (SSSR count). The molecule has 0 aromatic heterocycles. The molecule has 2 atom stereocenters. The van der Waals surface area contributed by atoms with Gasteiger partial charge in [0.05, 0.1) is 0 Å². The van der Waals surface area contributed by atoms with Crippen molar-refractivity contribution in [1.29, 1.82) is 0 Å². The monoisotopic (exact) mass is 848 g/mol. The molecule has 282 valence electrons. The number of hydrogen-bond donors (Lipinski definition) is 0. The van der Waals surface area contributed by atoms with Gasteiger partial charge in [-0.3, -0.25) is 0 Å². The van der Waals surface area contributed by atoms with Crippen molar-refractivity contribution in [2.24, 2.45) is 5.92 Å². The van der Waals surface area contributed by atoms with E-state index in [-0.39, 0.29) is 30.2 Å². The number of aryl methyl sites for hydroxylation is 4. The standard InChI is InChI=1S/C26H25.C22H25.2CH3.2ClH.H2Si.Zr/c1-16-6-17(2)9-21(8-16)22-14-24-12-20(5)13-25(24)26(15-22)23-10-18(3)7-19(4)11-23;1-15(2)18-13-17-7-6-8-20(21(17)14-18)16-9-11-19(12-10-16)22(3,4)5;;;;;;/h6-15H,1-5H3;6-15H,1-5H3;2*1H3;2*1H;1H2;. The Hall–Kier alpha value is -2.74. The second-order valence-corrected chi connectivity index (χ2v) is 49.4. The second-order valence-electron chi connectivity index (χ2n) is 18.9. The van der Waals surface area contributed by atoms with Crippen LogP contribution in [0.4, 0.5) is 0 Å². The Kier molecular flexibility index (Phi) is 11.8. The van der Waals surface area contributed by atoms with Crippen LogP contribution < -0.4 is 0 Å². The van der Waals surface area contributed by atoms with Crippen LogP contribution in [0.3, 0.4) is 0 Å². The van der Waals surface area contributed by atoms with E-state index in [2.05, 4.69) is 189 Å². The molecule has 0 nitrogen and oxygen atoms in total. The minimum atomic E-state index is -3.85. The molecule has 2 aliphatic carbocycles. The summed E-state index contributed by atoms with van der Waals surface area (Å²) >= 11 is -3.85. The van der Waals surface area contributed by atoms with E-state index < -0.39 is 17.4 Å². The SMILES string of the molecule is CC1=Cc2c(-c3cc(C)cc(C)c3)cc(-c3cc(C)cc(C)c3)cc2[CH]1[Zr]([CH3])([CH3])(=[SiH2])[CH]1C(C(C)C)=Cc2c(-c3ccc(C(C)(C)C)cc3)cccc21.Cl.Cl. The van der Waals surface area contributed by atoms with E-state index in [1.165, 1.54) is 72.3 Å². The van der Waals surface area contributed by atoms with E-state index in [9.17, 15) is 0 Å². The maximum atomic E-state index is 2.79. The van der Waals surface area contributed by atoms with E-state index in [0.717, 1.165) is 0 Å². The van der Waals surface area contributed by atoms with Gasteiger partial charge in [0.2, 0.25) is 0 Å². The van der Waals surface area contributed by atoms with E-state index in [4.69, 9.17) is 0 Å². The van der Waals surface area contributed by atoms with Crippen LogP contribution in [0, 0.1) is 33.6 Å². The van der Waals surface area contributed by atoms with Gasteiger partial charge in [0, 0.05) is 0 Å². The quantitative estimate of drug-likeness (QED) is 0.149. The summed E-state index contributed by atoms with van der Waals surface area (Å²) in [5.74, 6) is 0.476. The fourth-order valence-corrected chi connectivity index (χ4v) is 30.7. The Bertz CT molecular complexity index is 2350. The van der Waals surface area contributed by atoms with Crippen molar-refractivity contribution in [1.82, 2.24) is 0 Å². The molecule has 0 amide bonds. The number of benzene rings is 5. The topological polar surface area (TPSA) is 0 Å². The Morgan fingerprint density at radius 3 is 1.61 bits per heavy atom. The molecule has 5 aromatic carbocycles. The number of halogens is 2. The molecule has 54 heavy (non-hydrogen) atoms. The van der Waals surface area contributed by atoms with Crippen LogP contribution in [0.2, 0.25) is 9.26 Å². The van der Waals surface area contributed by atoms with Gasteiger partial charge in [0.1, 0.15) is 0 Å². The van der Waals surface area contributed by atoms with Crippen LogP contribution in [0.15, 0.2) is 102 Å². The zero-order valence-electron chi connectivity index (χ0n) is 34.6. The summed E-state index contributed by atoms with van der Waals surface area (Å²) in [6.07, 6.45) is 5.20. The Morgan fingerprint density at radius 2 is 1.07 bits per heavy atom. The van der Waals surface area contributed by atoms with Gasteiger partial charge in [-0.25, -0.2) is 0 Å². The van der Waals surface area contributed by atoms with Crippen LogP contribution in [0.5, 0.6) is 0 Å². The van der Waals surface area contributed by atoms with E-state index >= 15 is 0 Å². The molecular weight excluding hydrogens is 791 g/mol. The van der Waals surface area contributed by atoms with Crippen LogP contribution in [-0.2, 0) is 22.8 Å². The first-order valence-corrected chi connectivity index (χ1v) is 33.0. The molecule has 0 N–H and O–H groups in total. The fourth-order valence-electron chi connectivity index (χ4n) is 10.1. The van der Waals surface area contributed by atoms with Crippen molar-refractivity contribution in [2.45, 2.75) is 91.2 Å². The molecule has 5 aromatic rings. The summed E-state index contributed by atoms with van der Waals surface area (Å²) < 4.78 is 6.49. The fraction of sp³-hybridized carbons (Fsp3) is 0.320. The maximum Gasteiger partial charge on any atom is -0.147 e. The predicted octanol–water partition coefficient (Wildman–Crippen LogP) is 14.6. The van der Waals surface area contributed by atoms with E-state index in [1.54, 1.807) is 22.3 Å². The Balaban J connectivity index is 0.00000280. The van der Waals surface area contributed by atoms with Gasteiger partial charge in [-0.15, -0.1) is 24.8 Å². The first-order valence-electron chi connectivity index (χ1n) is 19.4. The molecule has 0 fully saturated rings. The maximum absolute atomic E-state index is 3.85. The van der Waals surface area contributed by atoms with Gasteiger partial charge in [-0.05, 0) is 0 Å². The second kappa shape index (κ2) is 15.0. The van der Waals surface area contributed by atoms with E-state index in [0.29, 0.717) is 13.2 Å². The molecule has 2 aliphatic rings. The summed E-state index contributed by atoms with van der Waals surface area (Å²) in [4.78, 5) is 0. The Labute approximate surface area is 341 Å². The summed E-state index contributed by atoms with van der Waals surface area (Å²) in [5.41, 5.74) is 24.1. The summed E-state index contributed by atoms with van der Waals surface area (Å²) in [6, 6.07) is 35.8. The molecule has 0 heterocycles. The van der Waals surface area contributed by atoms with Gasteiger partial charge < -0.3 is 0 Å². The van der Waals surface area contributed by atoms with Crippen molar-refractivity contribution in [3.8, 4) is 33.4 Å².